The van der Waals surface area contributed by atoms with Crippen LogP contribution in [0.3, 0.4) is 0 Å². The van der Waals surface area contributed by atoms with Gasteiger partial charge in [0.05, 0.1) is 10.5 Å². The molecule has 0 bridgehead atoms. The third kappa shape index (κ3) is 4.81. The number of nitrogens with one attached hydrogen (secondary N) is 2. The summed E-state index contributed by atoms with van der Waals surface area (Å²) in [6, 6.07) is 9.17. The molecule has 0 atom stereocenters. The maximum atomic E-state index is 12.6. The largest absolute Gasteiger partial charge is 0.382 e. The van der Waals surface area contributed by atoms with Crippen LogP contribution in [-0.2, 0) is 10.0 Å². The van der Waals surface area contributed by atoms with Crippen LogP contribution < -0.4 is 10.0 Å². The highest BCUT2D eigenvalue weighted by Crippen LogP contribution is 2.35. The van der Waals surface area contributed by atoms with E-state index in [2.05, 4.69) is 15.0 Å². The lowest BCUT2D eigenvalue weighted by molar-refractivity contribution is 0.387. The molecule has 2 N–H and O–H groups in total. The number of thiophene rings is 1. The zero-order valence-electron chi connectivity index (χ0n) is 15.2. The number of fused-ring (bicyclic) bond motifs is 1. The molecule has 154 valence electrons. The molecule has 0 aliphatic heterocycles. The molecule has 2 aromatic heterocycles. The predicted molar refractivity (Wildman–Crippen MR) is 121 cm³/mol. The Balaban J connectivity index is 1.39. The van der Waals surface area contributed by atoms with E-state index in [4.69, 9.17) is 34.8 Å². The standard InChI is InChI=1S/C19H18Cl3N3O2S2/c20-11-1-6-14-16(7-8-23-17(14)9-11)24-12-2-4-13(5-3-12)25-29(26,27)18-10-15(21)19(22)28-18/h1,6-10,12-13,25H,2-5H2,(H,23,24)/t12-,13+. The first-order valence-corrected chi connectivity index (χ1v) is 12.5. The Labute approximate surface area is 188 Å². The van der Waals surface area contributed by atoms with Crippen LogP contribution in [0.1, 0.15) is 25.7 Å². The maximum absolute atomic E-state index is 12.6. The zero-order chi connectivity index (χ0) is 20.6. The van der Waals surface area contributed by atoms with Crippen molar-refractivity contribution >= 4 is 72.8 Å². The molecule has 0 saturated heterocycles. The molecule has 4 rings (SSSR count). The average Bonchev–Trinajstić information content (AvgIpc) is 3.03. The van der Waals surface area contributed by atoms with Gasteiger partial charge in [0.25, 0.3) is 0 Å². The predicted octanol–water partition coefficient (Wildman–Crippen LogP) is 5.96. The second-order valence-corrected chi connectivity index (χ2v) is 11.5. The van der Waals surface area contributed by atoms with Crippen LogP contribution in [0.5, 0.6) is 0 Å². The quantitative estimate of drug-likeness (QED) is 0.463. The summed E-state index contributed by atoms with van der Waals surface area (Å²) in [5, 5.41) is 5.51. The summed E-state index contributed by atoms with van der Waals surface area (Å²) in [7, 11) is -3.61. The summed E-state index contributed by atoms with van der Waals surface area (Å²) >= 11 is 18.8. The van der Waals surface area contributed by atoms with E-state index in [1.54, 1.807) is 6.20 Å². The van der Waals surface area contributed by atoms with E-state index in [-0.39, 0.29) is 25.7 Å². The normalized spacial score (nSPS) is 20.1. The van der Waals surface area contributed by atoms with Crippen molar-refractivity contribution in [3.8, 4) is 0 Å². The highest BCUT2D eigenvalue weighted by molar-refractivity contribution is 7.91. The fourth-order valence-electron chi connectivity index (χ4n) is 3.56. The molecular weight excluding hydrogens is 473 g/mol. The van der Waals surface area contributed by atoms with E-state index in [1.165, 1.54) is 6.07 Å². The zero-order valence-corrected chi connectivity index (χ0v) is 19.1. The van der Waals surface area contributed by atoms with Crippen LogP contribution in [0.25, 0.3) is 10.9 Å². The molecule has 1 aromatic carbocycles. The molecule has 3 aromatic rings. The summed E-state index contributed by atoms with van der Waals surface area (Å²) in [6.45, 7) is 0. The molecule has 29 heavy (non-hydrogen) atoms. The summed E-state index contributed by atoms with van der Waals surface area (Å²) < 4.78 is 28.3. The van der Waals surface area contributed by atoms with Gasteiger partial charge in [0.15, 0.2) is 0 Å². The monoisotopic (exact) mass is 489 g/mol. The number of nitrogens with zero attached hydrogens (tertiary/aromatic N) is 1. The fourth-order valence-corrected chi connectivity index (χ4v) is 6.93. The number of benzene rings is 1. The highest BCUT2D eigenvalue weighted by atomic mass is 35.5. The number of aromatic nitrogens is 1. The Morgan fingerprint density at radius 1 is 1.00 bits per heavy atom. The lowest BCUT2D eigenvalue weighted by Gasteiger charge is -2.30. The van der Waals surface area contributed by atoms with Gasteiger partial charge in [0, 0.05) is 34.4 Å². The highest BCUT2D eigenvalue weighted by Gasteiger charge is 2.27. The van der Waals surface area contributed by atoms with Crippen molar-refractivity contribution in [3.63, 3.8) is 0 Å². The SMILES string of the molecule is O=S(=O)(N[C@H]1CC[C@@H](Nc2ccnc3cc(Cl)ccc23)CC1)c1cc(Cl)c(Cl)s1. The number of pyridine rings is 1. The Morgan fingerprint density at radius 2 is 1.72 bits per heavy atom. The Hall–Kier alpha value is -1.09. The molecule has 5 nitrogen and oxygen atoms in total. The van der Waals surface area contributed by atoms with E-state index < -0.39 is 10.0 Å². The van der Waals surface area contributed by atoms with Gasteiger partial charge in [-0.15, -0.1) is 11.3 Å². The summed E-state index contributed by atoms with van der Waals surface area (Å²) in [4.78, 5) is 4.37. The van der Waals surface area contributed by atoms with Crippen LogP contribution in [0.15, 0.2) is 40.7 Å². The lowest BCUT2D eigenvalue weighted by Crippen LogP contribution is -2.39. The summed E-state index contributed by atoms with van der Waals surface area (Å²) in [5.41, 5.74) is 1.86. The number of anilines is 1. The summed E-state index contributed by atoms with van der Waals surface area (Å²) in [6.07, 6.45) is 4.97. The van der Waals surface area contributed by atoms with E-state index in [0.29, 0.717) is 5.02 Å². The number of hydrogen-bond donors (Lipinski definition) is 2. The molecule has 0 amide bonds. The van der Waals surface area contributed by atoms with Crippen LogP contribution in [-0.4, -0.2) is 25.5 Å². The van der Waals surface area contributed by atoms with Crippen LogP contribution in [0, 0.1) is 0 Å². The maximum Gasteiger partial charge on any atom is 0.250 e. The van der Waals surface area contributed by atoms with Gasteiger partial charge in [0.1, 0.15) is 8.55 Å². The van der Waals surface area contributed by atoms with Gasteiger partial charge in [-0.3, -0.25) is 4.98 Å². The first-order valence-electron chi connectivity index (χ1n) is 9.10. The van der Waals surface area contributed by atoms with Gasteiger partial charge >= 0.3 is 0 Å². The van der Waals surface area contributed by atoms with Gasteiger partial charge in [-0.25, -0.2) is 13.1 Å². The first-order chi connectivity index (χ1) is 13.8. The van der Waals surface area contributed by atoms with Gasteiger partial charge in [-0.05, 0) is 56.0 Å². The fraction of sp³-hybridized carbons (Fsp3) is 0.316. The Bertz CT molecular complexity index is 1120. The topological polar surface area (TPSA) is 71.1 Å². The third-order valence-corrected chi connectivity index (χ3v) is 9.10. The van der Waals surface area contributed by atoms with E-state index in [0.717, 1.165) is 53.6 Å². The molecule has 1 aliphatic carbocycles. The van der Waals surface area contributed by atoms with Gasteiger partial charge in [-0.2, -0.15) is 0 Å². The van der Waals surface area contributed by atoms with Gasteiger partial charge in [-0.1, -0.05) is 34.8 Å². The van der Waals surface area contributed by atoms with Crippen molar-refractivity contribution in [3.05, 3.63) is 50.9 Å². The number of sulfonamides is 1. The number of rotatable bonds is 5. The minimum atomic E-state index is -3.61. The molecule has 0 unspecified atom stereocenters. The van der Waals surface area contributed by atoms with Crippen LogP contribution >= 0.6 is 46.1 Å². The van der Waals surface area contributed by atoms with Crippen molar-refractivity contribution in [2.75, 3.05) is 5.32 Å². The molecule has 10 heteroatoms. The second kappa shape index (κ2) is 8.57. The van der Waals surface area contributed by atoms with Gasteiger partial charge < -0.3 is 5.32 Å². The van der Waals surface area contributed by atoms with Crippen molar-refractivity contribution in [1.82, 2.24) is 9.71 Å². The van der Waals surface area contributed by atoms with Crippen molar-refractivity contribution in [1.29, 1.82) is 0 Å². The van der Waals surface area contributed by atoms with Gasteiger partial charge in [0.2, 0.25) is 10.0 Å². The molecule has 0 radical (unpaired) electrons. The molecule has 2 heterocycles. The van der Waals surface area contributed by atoms with Crippen molar-refractivity contribution in [2.45, 2.75) is 42.0 Å². The number of hydrogen-bond acceptors (Lipinski definition) is 5. The molecule has 1 fully saturated rings. The van der Waals surface area contributed by atoms with E-state index in [1.807, 2.05) is 24.3 Å². The molecule has 1 aliphatic rings. The van der Waals surface area contributed by atoms with Crippen LogP contribution in [0.2, 0.25) is 14.4 Å². The van der Waals surface area contributed by atoms with Crippen LogP contribution in [0.4, 0.5) is 5.69 Å². The second-order valence-electron chi connectivity index (χ2n) is 7.02. The Kier molecular flexibility index (Phi) is 6.25. The Morgan fingerprint density at radius 3 is 2.41 bits per heavy atom. The average molecular weight is 491 g/mol. The third-order valence-electron chi connectivity index (χ3n) is 5.00. The van der Waals surface area contributed by atoms with E-state index in [9.17, 15) is 8.42 Å². The molecular formula is C19H18Cl3N3O2S2. The lowest BCUT2D eigenvalue weighted by atomic mass is 9.91. The number of halogens is 3. The smallest absolute Gasteiger partial charge is 0.250 e. The van der Waals surface area contributed by atoms with Crippen molar-refractivity contribution < 1.29 is 8.42 Å². The van der Waals surface area contributed by atoms with E-state index >= 15 is 0 Å². The minimum Gasteiger partial charge on any atom is -0.382 e. The first kappa shape index (κ1) is 21.2. The van der Waals surface area contributed by atoms with Crippen molar-refractivity contribution in [2.24, 2.45) is 0 Å². The summed E-state index contributed by atoms with van der Waals surface area (Å²) in [5.74, 6) is 0. The minimum absolute atomic E-state index is 0.106. The molecule has 1 saturated carbocycles. The molecule has 0 spiro atoms.